The van der Waals surface area contributed by atoms with Crippen molar-refractivity contribution in [1.82, 2.24) is 0 Å². The highest BCUT2D eigenvalue weighted by Gasteiger charge is 2.52. The Morgan fingerprint density at radius 1 is 1.20 bits per heavy atom. The van der Waals surface area contributed by atoms with Crippen LogP contribution in [0.25, 0.3) is 0 Å². The molecule has 0 spiro atoms. The highest BCUT2D eigenvalue weighted by atomic mass is 16.7. The van der Waals surface area contributed by atoms with E-state index in [1.807, 2.05) is 0 Å². The second-order valence-electron chi connectivity index (χ2n) is 7.06. The van der Waals surface area contributed by atoms with Gasteiger partial charge in [-0.25, -0.2) is 0 Å². The predicted molar refractivity (Wildman–Crippen MR) is 78.4 cm³/mol. The van der Waals surface area contributed by atoms with Crippen LogP contribution in [0.2, 0.25) is 6.32 Å². The number of rotatable bonds is 5. The van der Waals surface area contributed by atoms with Crippen molar-refractivity contribution in [1.29, 1.82) is 0 Å². The number of ether oxygens (including phenoxy) is 1. The molecule has 2 aliphatic rings. The van der Waals surface area contributed by atoms with Crippen molar-refractivity contribution in [3.05, 3.63) is 0 Å². The molecule has 0 N–H and O–H groups in total. The third-order valence-electron chi connectivity index (χ3n) is 4.88. The molecule has 4 nitrogen and oxygen atoms in total. The molecule has 2 heterocycles. The number of carbonyl (C=O) groups is 1. The van der Waals surface area contributed by atoms with E-state index in [2.05, 4.69) is 34.6 Å². The monoisotopic (exact) mass is 282 g/mol. The molecule has 2 fully saturated rings. The lowest BCUT2D eigenvalue weighted by Gasteiger charge is -2.32. The summed E-state index contributed by atoms with van der Waals surface area (Å²) in [5, 5.41) is 0. The van der Waals surface area contributed by atoms with E-state index in [4.69, 9.17) is 14.0 Å². The maximum Gasteiger partial charge on any atom is 0.458 e. The second-order valence-corrected chi connectivity index (χ2v) is 7.06. The third-order valence-corrected chi connectivity index (χ3v) is 4.88. The first-order chi connectivity index (χ1) is 9.25. The summed E-state index contributed by atoms with van der Waals surface area (Å²) in [4.78, 5) is 11.6. The van der Waals surface area contributed by atoms with Gasteiger partial charge in [0.1, 0.15) is 6.10 Å². The minimum absolute atomic E-state index is 0.0430. The average molecular weight is 282 g/mol. The van der Waals surface area contributed by atoms with E-state index in [-0.39, 0.29) is 36.3 Å². The number of hydrogen-bond acceptors (Lipinski definition) is 4. The largest absolute Gasteiger partial charge is 0.462 e. The van der Waals surface area contributed by atoms with Gasteiger partial charge in [-0.05, 0) is 40.4 Å². The molecule has 0 aliphatic carbocycles. The summed E-state index contributed by atoms with van der Waals surface area (Å²) in [5.41, 5.74) is -0.611. The first-order valence-corrected chi connectivity index (χ1v) is 7.80. The van der Waals surface area contributed by atoms with Crippen molar-refractivity contribution < 1.29 is 18.8 Å². The van der Waals surface area contributed by atoms with Gasteiger partial charge in [-0.1, -0.05) is 19.8 Å². The van der Waals surface area contributed by atoms with E-state index in [9.17, 15) is 4.79 Å². The quantitative estimate of drug-likeness (QED) is 0.573. The molecule has 0 amide bonds. The fourth-order valence-corrected chi connectivity index (χ4v) is 2.90. The maximum absolute atomic E-state index is 11.6. The van der Waals surface area contributed by atoms with Crippen LogP contribution in [-0.2, 0) is 18.8 Å². The molecule has 0 aromatic carbocycles. The van der Waals surface area contributed by atoms with Crippen LogP contribution in [0.4, 0.5) is 0 Å². The molecule has 2 unspecified atom stereocenters. The van der Waals surface area contributed by atoms with Gasteiger partial charge >= 0.3 is 13.1 Å². The SMILES string of the molecule is CCCCC1OC(=O)CC1CB1OC(C)(C)C(C)(C)O1. The Balaban J connectivity index is 1.94. The molecular formula is C15H27BO4. The van der Waals surface area contributed by atoms with E-state index >= 15 is 0 Å². The fourth-order valence-electron chi connectivity index (χ4n) is 2.90. The van der Waals surface area contributed by atoms with Gasteiger partial charge in [-0.3, -0.25) is 4.79 Å². The van der Waals surface area contributed by atoms with E-state index in [1.54, 1.807) is 0 Å². The van der Waals surface area contributed by atoms with Crippen LogP contribution >= 0.6 is 0 Å². The Labute approximate surface area is 122 Å². The molecular weight excluding hydrogens is 255 g/mol. The zero-order chi connectivity index (χ0) is 15.0. The van der Waals surface area contributed by atoms with Crippen LogP contribution < -0.4 is 0 Å². The first-order valence-electron chi connectivity index (χ1n) is 7.80. The van der Waals surface area contributed by atoms with E-state index in [0.29, 0.717) is 6.42 Å². The number of hydrogen-bond donors (Lipinski definition) is 0. The maximum atomic E-state index is 11.6. The summed E-state index contributed by atoms with van der Waals surface area (Å²) >= 11 is 0. The lowest BCUT2D eigenvalue weighted by Crippen LogP contribution is -2.41. The number of carbonyl (C=O) groups excluding carboxylic acids is 1. The topological polar surface area (TPSA) is 44.8 Å². The van der Waals surface area contributed by atoms with Gasteiger partial charge in [0.05, 0.1) is 17.6 Å². The molecule has 20 heavy (non-hydrogen) atoms. The van der Waals surface area contributed by atoms with Gasteiger partial charge in [0.2, 0.25) is 0 Å². The molecule has 5 heteroatoms. The standard InChI is InChI=1S/C15H27BO4/c1-6-7-8-12-11(9-13(17)18-12)10-16-19-14(2,3)15(4,5)20-16/h11-12H,6-10H2,1-5H3. The van der Waals surface area contributed by atoms with Crippen molar-refractivity contribution in [2.24, 2.45) is 5.92 Å². The zero-order valence-corrected chi connectivity index (χ0v) is 13.4. The van der Waals surface area contributed by atoms with Crippen molar-refractivity contribution in [2.75, 3.05) is 0 Å². The van der Waals surface area contributed by atoms with E-state index in [0.717, 1.165) is 25.6 Å². The van der Waals surface area contributed by atoms with Crippen LogP contribution in [-0.4, -0.2) is 30.4 Å². The number of cyclic esters (lactones) is 1. The summed E-state index contributed by atoms with van der Waals surface area (Å²) < 4.78 is 17.5. The summed E-state index contributed by atoms with van der Waals surface area (Å²) in [6.45, 7) is 10.4. The Kier molecular flexibility index (Phi) is 4.50. The molecule has 2 atom stereocenters. The van der Waals surface area contributed by atoms with Gasteiger partial charge in [-0.2, -0.15) is 0 Å². The summed E-state index contributed by atoms with van der Waals surface area (Å²) in [5.74, 6) is 0.149. The van der Waals surface area contributed by atoms with Crippen molar-refractivity contribution in [2.45, 2.75) is 83.9 Å². The number of esters is 1. The van der Waals surface area contributed by atoms with Crippen molar-refractivity contribution in [3.8, 4) is 0 Å². The minimum Gasteiger partial charge on any atom is -0.462 e. The molecule has 0 radical (unpaired) electrons. The van der Waals surface area contributed by atoms with E-state index < -0.39 is 0 Å². The Bertz CT molecular complexity index is 351. The molecule has 0 aromatic heterocycles. The first kappa shape index (κ1) is 15.8. The minimum atomic E-state index is -0.306. The molecule has 0 aromatic rings. The van der Waals surface area contributed by atoms with Gasteiger partial charge in [-0.15, -0.1) is 0 Å². The normalized spacial score (nSPS) is 31.6. The zero-order valence-electron chi connectivity index (χ0n) is 13.4. The Morgan fingerprint density at radius 3 is 2.35 bits per heavy atom. The molecule has 2 rings (SSSR count). The van der Waals surface area contributed by atoms with Gasteiger partial charge < -0.3 is 14.0 Å². The summed E-state index contributed by atoms with van der Waals surface area (Å²) in [6, 6.07) is 0. The van der Waals surface area contributed by atoms with Crippen molar-refractivity contribution in [3.63, 3.8) is 0 Å². The van der Waals surface area contributed by atoms with Crippen molar-refractivity contribution >= 4 is 13.1 Å². The highest BCUT2D eigenvalue weighted by molar-refractivity contribution is 6.45. The van der Waals surface area contributed by atoms with Gasteiger partial charge in [0, 0.05) is 5.92 Å². The third kappa shape index (κ3) is 3.20. The average Bonchev–Trinajstić information content (AvgIpc) is 2.74. The van der Waals surface area contributed by atoms with Crippen LogP contribution in [0.15, 0.2) is 0 Å². The molecule has 2 saturated heterocycles. The second kappa shape index (κ2) is 5.68. The number of unbranched alkanes of at least 4 members (excludes halogenated alkanes) is 1. The van der Waals surface area contributed by atoms with Crippen LogP contribution in [0, 0.1) is 5.92 Å². The predicted octanol–water partition coefficient (Wildman–Crippen LogP) is 3.20. The van der Waals surface area contributed by atoms with Crippen LogP contribution in [0.5, 0.6) is 0 Å². The molecule has 114 valence electrons. The Morgan fingerprint density at radius 2 is 1.80 bits per heavy atom. The molecule has 2 aliphatic heterocycles. The Hall–Kier alpha value is -0.545. The van der Waals surface area contributed by atoms with Crippen LogP contribution in [0.1, 0.15) is 60.3 Å². The molecule has 0 saturated carbocycles. The summed E-state index contributed by atoms with van der Waals surface area (Å²) in [7, 11) is -0.233. The lowest BCUT2D eigenvalue weighted by molar-refractivity contribution is -0.141. The molecule has 0 bridgehead atoms. The highest BCUT2D eigenvalue weighted by Crippen LogP contribution is 2.40. The lowest BCUT2D eigenvalue weighted by atomic mass is 9.74. The van der Waals surface area contributed by atoms with Crippen LogP contribution in [0.3, 0.4) is 0 Å². The van der Waals surface area contributed by atoms with Gasteiger partial charge in [0.15, 0.2) is 0 Å². The summed E-state index contributed by atoms with van der Waals surface area (Å²) in [6.07, 6.45) is 4.45. The fraction of sp³-hybridized carbons (Fsp3) is 0.933. The smallest absolute Gasteiger partial charge is 0.458 e. The van der Waals surface area contributed by atoms with E-state index in [1.165, 1.54) is 0 Å². The van der Waals surface area contributed by atoms with Gasteiger partial charge in [0.25, 0.3) is 0 Å².